The van der Waals surface area contributed by atoms with Gasteiger partial charge in [0, 0.05) is 12.5 Å². The van der Waals surface area contributed by atoms with Gasteiger partial charge in [-0.25, -0.2) is 9.50 Å². The summed E-state index contributed by atoms with van der Waals surface area (Å²) in [4.78, 5) is 16.7. The summed E-state index contributed by atoms with van der Waals surface area (Å²) in [6.07, 6.45) is 1.90. The Hall–Kier alpha value is -2.99. The van der Waals surface area contributed by atoms with E-state index >= 15 is 0 Å². The Kier molecular flexibility index (Phi) is 3.59. The monoisotopic (exact) mass is 335 g/mol. The van der Waals surface area contributed by atoms with Gasteiger partial charge < -0.3 is 4.74 Å². The van der Waals surface area contributed by atoms with Gasteiger partial charge in [0.05, 0.1) is 17.5 Å². The van der Waals surface area contributed by atoms with Gasteiger partial charge in [-0.3, -0.25) is 4.79 Å². The maximum Gasteiger partial charge on any atom is 0.308 e. The van der Waals surface area contributed by atoms with Crippen molar-refractivity contribution in [2.24, 2.45) is 0 Å². The molecule has 0 unspecified atom stereocenters. The molecule has 118 valence electrons. The molecule has 0 aliphatic carbocycles. The van der Waals surface area contributed by atoms with Crippen LogP contribution in [0.2, 0.25) is 0 Å². The summed E-state index contributed by atoms with van der Waals surface area (Å²) >= 11 is 1.46. The van der Waals surface area contributed by atoms with Crippen molar-refractivity contribution in [1.29, 1.82) is 0 Å². The van der Waals surface area contributed by atoms with Crippen LogP contribution in [0.25, 0.3) is 26.8 Å². The first-order chi connectivity index (χ1) is 11.7. The van der Waals surface area contributed by atoms with E-state index in [2.05, 4.69) is 10.1 Å². The smallest absolute Gasteiger partial charge is 0.308 e. The summed E-state index contributed by atoms with van der Waals surface area (Å²) < 4.78 is 7.02. The number of fused-ring (bicyclic) bond motifs is 1. The molecule has 0 N–H and O–H groups in total. The van der Waals surface area contributed by atoms with Crippen LogP contribution in [0.1, 0.15) is 6.92 Å². The van der Waals surface area contributed by atoms with Crippen LogP contribution >= 0.6 is 11.3 Å². The molecule has 0 aliphatic rings. The minimum absolute atomic E-state index is 0.352. The van der Waals surface area contributed by atoms with Crippen molar-refractivity contribution < 1.29 is 9.53 Å². The van der Waals surface area contributed by atoms with Crippen molar-refractivity contribution >= 4 is 22.3 Å². The van der Waals surface area contributed by atoms with E-state index in [-0.39, 0.29) is 5.97 Å². The largest absolute Gasteiger partial charge is 0.426 e. The number of ether oxygens (including phenoxy) is 1. The van der Waals surface area contributed by atoms with Crippen molar-refractivity contribution in [3.8, 4) is 27.6 Å². The van der Waals surface area contributed by atoms with Gasteiger partial charge in [-0.1, -0.05) is 53.8 Å². The summed E-state index contributed by atoms with van der Waals surface area (Å²) in [6, 6.07) is 17.3. The van der Waals surface area contributed by atoms with Gasteiger partial charge in [-0.05, 0) is 12.1 Å². The van der Waals surface area contributed by atoms with Crippen molar-refractivity contribution in [3.63, 3.8) is 0 Å². The summed E-state index contributed by atoms with van der Waals surface area (Å²) in [6.45, 7) is 1.39. The highest BCUT2D eigenvalue weighted by Crippen LogP contribution is 2.33. The molecule has 0 bridgehead atoms. The van der Waals surface area contributed by atoms with Crippen LogP contribution in [-0.4, -0.2) is 20.6 Å². The molecule has 0 spiro atoms. The lowest BCUT2D eigenvalue weighted by Gasteiger charge is -2.05. The third-order valence-corrected chi connectivity index (χ3v) is 4.44. The van der Waals surface area contributed by atoms with Gasteiger partial charge in [-0.15, -0.1) is 0 Å². The number of esters is 1. The first-order valence-electron chi connectivity index (χ1n) is 7.40. The second-order valence-electron chi connectivity index (χ2n) is 5.22. The third kappa shape index (κ3) is 2.68. The van der Waals surface area contributed by atoms with Gasteiger partial charge in [0.2, 0.25) is 4.96 Å². The van der Waals surface area contributed by atoms with E-state index in [1.807, 2.05) is 54.7 Å². The molecule has 0 fully saturated rings. The molecule has 0 aliphatic heterocycles. The van der Waals surface area contributed by atoms with Crippen LogP contribution in [0.15, 0.2) is 60.8 Å². The fourth-order valence-electron chi connectivity index (χ4n) is 2.44. The Balaban J connectivity index is 1.75. The number of nitrogens with zero attached hydrogens (tertiary/aromatic N) is 3. The second-order valence-corrected chi connectivity index (χ2v) is 6.17. The van der Waals surface area contributed by atoms with Crippen LogP contribution in [0.3, 0.4) is 0 Å². The van der Waals surface area contributed by atoms with E-state index in [0.29, 0.717) is 5.75 Å². The molecule has 2 heterocycles. The summed E-state index contributed by atoms with van der Waals surface area (Å²) in [5.74, 6) is 0.153. The van der Waals surface area contributed by atoms with Gasteiger partial charge in [0.15, 0.2) is 5.01 Å². The highest BCUT2D eigenvalue weighted by Gasteiger charge is 2.15. The van der Waals surface area contributed by atoms with E-state index in [1.54, 1.807) is 10.6 Å². The lowest BCUT2D eigenvalue weighted by molar-refractivity contribution is -0.131. The van der Waals surface area contributed by atoms with E-state index in [1.165, 1.54) is 18.3 Å². The molecule has 6 heteroatoms. The standard InChI is InChI=1S/C18H13N3O2S/c1-12(22)23-16-10-6-5-9-14(16)17-20-21-11-15(19-18(21)24-17)13-7-3-2-4-8-13/h2-11H,1H3. The number of imidazole rings is 1. The second kappa shape index (κ2) is 5.90. The molecule has 2 aromatic carbocycles. The zero-order chi connectivity index (χ0) is 16.5. The third-order valence-electron chi connectivity index (χ3n) is 3.48. The molecule has 0 atom stereocenters. The Morgan fingerprint density at radius 2 is 1.83 bits per heavy atom. The minimum Gasteiger partial charge on any atom is -0.426 e. The maximum atomic E-state index is 11.3. The number of hydrogen-bond donors (Lipinski definition) is 0. The zero-order valence-electron chi connectivity index (χ0n) is 12.8. The summed E-state index contributed by atoms with van der Waals surface area (Å²) in [7, 11) is 0. The molecule has 0 saturated carbocycles. The molecule has 0 radical (unpaired) electrons. The first kappa shape index (κ1) is 14.6. The van der Waals surface area contributed by atoms with Crippen molar-refractivity contribution in [2.45, 2.75) is 6.92 Å². The fraction of sp³-hybridized carbons (Fsp3) is 0.0556. The summed E-state index contributed by atoms with van der Waals surface area (Å²) in [5.41, 5.74) is 2.72. The Morgan fingerprint density at radius 3 is 2.58 bits per heavy atom. The SMILES string of the molecule is CC(=O)Oc1ccccc1-c1nn2cc(-c3ccccc3)nc2s1. The molecule has 4 rings (SSSR count). The van der Waals surface area contributed by atoms with Gasteiger partial charge in [0.1, 0.15) is 5.75 Å². The van der Waals surface area contributed by atoms with Gasteiger partial charge >= 0.3 is 5.97 Å². The van der Waals surface area contributed by atoms with E-state index < -0.39 is 0 Å². The quantitative estimate of drug-likeness (QED) is 0.419. The van der Waals surface area contributed by atoms with Crippen molar-refractivity contribution in [1.82, 2.24) is 14.6 Å². The van der Waals surface area contributed by atoms with Crippen LogP contribution in [0.4, 0.5) is 0 Å². The Morgan fingerprint density at radius 1 is 1.08 bits per heavy atom. The number of carbonyl (C=O) groups excluding carboxylic acids is 1. The Labute approximate surface area is 142 Å². The lowest BCUT2D eigenvalue weighted by atomic mass is 10.2. The first-order valence-corrected chi connectivity index (χ1v) is 8.22. The Bertz CT molecular complexity index is 990. The molecular weight excluding hydrogens is 322 g/mol. The molecular formula is C18H13N3O2S. The van der Waals surface area contributed by atoms with Gasteiger partial charge in [0.25, 0.3) is 0 Å². The molecule has 0 saturated heterocycles. The number of carbonyl (C=O) groups is 1. The fourth-order valence-corrected chi connectivity index (χ4v) is 3.36. The molecule has 0 amide bonds. The summed E-state index contributed by atoms with van der Waals surface area (Å²) in [5, 5.41) is 5.34. The minimum atomic E-state index is -0.352. The molecule has 2 aromatic heterocycles. The van der Waals surface area contributed by atoms with Crippen molar-refractivity contribution in [3.05, 3.63) is 60.8 Å². The van der Waals surface area contributed by atoms with E-state index in [9.17, 15) is 4.79 Å². The highest BCUT2D eigenvalue weighted by atomic mass is 32.1. The average Bonchev–Trinajstić information content (AvgIpc) is 3.14. The van der Waals surface area contributed by atoms with Crippen molar-refractivity contribution in [2.75, 3.05) is 0 Å². The van der Waals surface area contributed by atoms with Crippen LogP contribution in [0, 0.1) is 0 Å². The number of aromatic nitrogens is 3. The van der Waals surface area contributed by atoms with Crippen LogP contribution in [-0.2, 0) is 4.79 Å². The topological polar surface area (TPSA) is 56.5 Å². The lowest BCUT2D eigenvalue weighted by Crippen LogP contribution is -2.02. The highest BCUT2D eigenvalue weighted by molar-refractivity contribution is 7.19. The number of para-hydroxylation sites is 1. The van der Waals surface area contributed by atoms with E-state index in [0.717, 1.165) is 26.8 Å². The molecule has 5 nitrogen and oxygen atoms in total. The molecule has 24 heavy (non-hydrogen) atoms. The van der Waals surface area contributed by atoms with Crippen LogP contribution in [0.5, 0.6) is 5.75 Å². The van der Waals surface area contributed by atoms with Gasteiger partial charge in [-0.2, -0.15) is 5.10 Å². The number of rotatable bonds is 3. The average molecular weight is 335 g/mol. The van der Waals surface area contributed by atoms with E-state index in [4.69, 9.17) is 4.74 Å². The zero-order valence-corrected chi connectivity index (χ0v) is 13.7. The number of hydrogen-bond acceptors (Lipinski definition) is 5. The van der Waals surface area contributed by atoms with Crippen LogP contribution < -0.4 is 4.74 Å². The molecule has 4 aromatic rings. The maximum absolute atomic E-state index is 11.3. The predicted molar refractivity (Wildman–Crippen MR) is 93.0 cm³/mol. The normalized spacial score (nSPS) is 10.9. The predicted octanol–water partition coefficient (Wildman–Crippen LogP) is 4.05. The number of benzene rings is 2.